The van der Waals surface area contributed by atoms with E-state index >= 15 is 0 Å². The van der Waals surface area contributed by atoms with Gasteiger partial charge in [0.2, 0.25) is 5.91 Å². The maximum Gasteiger partial charge on any atom is 0.261 e. The quantitative estimate of drug-likeness (QED) is 0.598. The molecule has 2 aromatic rings. The van der Waals surface area contributed by atoms with Crippen LogP contribution in [0.2, 0.25) is 0 Å². The lowest BCUT2D eigenvalue weighted by Crippen LogP contribution is -2.50. The Morgan fingerprint density at radius 2 is 1.78 bits per heavy atom. The molecule has 0 heterocycles. The second-order valence-electron chi connectivity index (χ2n) is 8.73. The summed E-state index contributed by atoms with van der Waals surface area (Å²) in [6.45, 7) is 10.7. The summed E-state index contributed by atoms with van der Waals surface area (Å²) >= 11 is 0. The summed E-state index contributed by atoms with van der Waals surface area (Å²) in [6, 6.07) is 14.7. The number of hydrogen-bond acceptors (Lipinski definition) is 4. The van der Waals surface area contributed by atoms with E-state index in [1.54, 1.807) is 12.0 Å². The summed E-state index contributed by atoms with van der Waals surface area (Å²) in [5.74, 6) is 0.980. The number of likely N-dealkylation sites (N-methyl/N-ethyl adjacent to an activating group) is 1. The van der Waals surface area contributed by atoms with Crippen LogP contribution < -0.4 is 14.8 Å². The molecule has 1 N–H and O–H groups in total. The van der Waals surface area contributed by atoms with E-state index < -0.39 is 6.04 Å². The molecule has 6 heteroatoms. The minimum Gasteiger partial charge on any atom is -0.497 e. The van der Waals surface area contributed by atoms with Crippen LogP contribution in [0, 0.1) is 0 Å². The lowest BCUT2D eigenvalue weighted by atomic mass is 9.86. The Morgan fingerprint density at radius 3 is 2.41 bits per heavy atom. The number of para-hydroxylation sites is 1. The molecule has 0 spiro atoms. The SMILES string of the molecule is CCNC(=O)C(CC)N(Cc1cccc(OC)c1)C(=O)COc1ccccc1C(C)(C)C. The molecule has 2 aromatic carbocycles. The Labute approximate surface area is 191 Å². The molecule has 0 aliphatic rings. The number of nitrogens with zero attached hydrogens (tertiary/aromatic N) is 1. The Morgan fingerprint density at radius 1 is 1.06 bits per heavy atom. The number of rotatable bonds is 10. The van der Waals surface area contributed by atoms with Crippen molar-refractivity contribution < 1.29 is 19.1 Å². The molecule has 1 unspecified atom stereocenters. The molecule has 6 nitrogen and oxygen atoms in total. The van der Waals surface area contributed by atoms with E-state index in [0.717, 1.165) is 11.1 Å². The number of nitrogens with one attached hydrogen (secondary N) is 1. The first kappa shape index (κ1) is 25.2. The highest BCUT2D eigenvalue weighted by Crippen LogP contribution is 2.31. The minimum absolute atomic E-state index is 0.118. The number of methoxy groups -OCH3 is 1. The first-order chi connectivity index (χ1) is 15.2. The second kappa shape index (κ2) is 11.6. The molecule has 0 fully saturated rings. The highest BCUT2D eigenvalue weighted by molar-refractivity contribution is 5.88. The van der Waals surface area contributed by atoms with Gasteiger partial charge in [-0.05, 0) is 48.1 Å². The number of hydrogen-bond donors (Lipinski definition) is 1. The molecular formula is C26H36N2O4. The van der Waals surface area contributed by atoms with Crippen LogP contribution in [0.25, 0.3) is 0 Å². The molecule has 2 rings (SSSR count). The summed E-state index contributed by atoms with van der Waals surface area (Å²) in [5.41, 5.74) is 1.80. The summed E-state index contributed by atoms with van der Waals surface area (Å²) < 4.78 is 11.3. The van der Waals surface area contributed by atoms with Crippen LogP contribution in [-0.4, -0.2) is 43.0 Å². The van der Waals surface area contributed by atoms with Gasteiger partial charge in [-0.2, -0.15) is 0 Å². The van der Waals surface area contributed by atoms with Crippen LogP contribution in [0.5, 0.6) is 11.5 Å². The summed E-state index contributed by atoms with van der Waals surface area (Å²) in [5, 5.41) is 2.84. The topological polar surface area (TPSA) is 67.9 Å². The molecule has 0 aliphatic heterocycles. The Balaban J connectivity index is 2.28. The average Bonchev–Trinajstić information content (AvgIpc) is 2.77. The van der Waals surface area contributed by atoms with Gasteiger partial charge in [-0.1, -0.05) is 58.0 Å². The van der Waals surface area contributed by atoms with Gasteiger partial charge >= 0.3 is 0 Å². The normalized spacial score (nSPS) is 12.1. The van der Waals surface area contributed by atoms with Gasteiger partial charge in [0, 0.05) is 13.1 Å². The van der Waals surface area contributed by atoms with Gasteiger partial charge in [0.15, 0.2) is 6.61 Å². The van der Waals surface area contributed by atoms with E-state index in [4.69, 9.17) is 9.47 Å². The maximum absolute atomic E-state index is 13.3. The number of carbonyl (C=O) groups excluding carboxylic acids is 2. The second-order valence-corrected chi connectivity index (χ2v) is 8.73. The van der Waals surface area contributed by atoms with Crippen LogP contribution >= 0.6 is 0 Å². The average molecular weight is 441 g/mol. The smallest absolute Gasteiger partial charge is 0.261 e. The number of ether oxygens (including phenoxy) is 2. The van der Waals surface area contributed by atoms with Crippen molar-refractivity contribution in [3.05, 3.63) is 59.7 Å². The maximum atomic E-state index is 13.3. The number of benzene rings is 2. The van der Waals surface area contributed by atoms with Gasteiger partial charge in [-0.25, -0.2) is 0 Å². The first-order valence-electron chi connectivity index (χ1n) is 11.1. The molecule has 0 radical (unpaired) electrons. The Kier molecular flexibility index (Phi) is 9.12. The molecule has 2 amide bonds. The molecule has 0 saturated carbocycles. The summed E-state index contributed by atoms with van der Waals surface area (Å²) in [6.07, 6.45) is 0.500. The third-order valence-corrected chi connectivity index (χ3v) is 5.27. The van der Waals surface area contributed by atoms with Crippen molar-refractivity contribution in [3.63, 3.8) is 0 Å². The summed E-state index contributed by atoms with van der Waals surface area (Å²) in [7, 11) is 1.60. The van der Waals surface area contributed by atoms with Crippen LogP contribution in [0.1, 0.15) is 52.2 Å². The van der Waals surface area contributed by atoms with Crippen molar-refractivity contribution in [3.8, 4) is 11.5 Å². The van der Waals surface area contributed by atoms with Gasteiger partial charge in [-0.3, -0.25) is 9.59 Å². The van der Waals surface area contributed by atoms with E-state index in [1.165, 1.54) is 0 Å². The van der Waals surface area contributed by atoms with E-state index in [9.17, 15) is 9.59 Å². The van der Waals surface area contributed by atoms with Crippen molar-refractivity contribution in [1.29, 1.82) is 0 Å². The van der Waals surface area contributed by atoms with E-state index in [1.807, 2.05) is 62.4 Å². The Hall–Kier alpha value is -3.02. The third-order valence-electron chi connectivity index (χ3n) is 5.27. The van der Waals surface area contributed by atoms with Gasteiger partial charge < -0.3 is 19.7 Å². The molecule has 32 heavy (non-hydrogen) atoms. The lowest BCUT2D eigenvalue weighted by Gasteiger charge is -2.31. The standard InChI is InChI=1S/C26H36N2O4/c1-7-22(25(30)27-8-2)28(17-19-12-11-13-20(16-19)31-6)24(29)18-32-23-15-10-9-14-21(23)26(3,4)5/h9-16,22H,7-8,17-18H2,1-6H3,(H,27,30). The predicted molar refractivity (Wildman–Crippen MR) is 127 cm³/mol. The van der Waals surface area contributed by atoms with Gasteiger partial charge in [0.25, 0.3) is 5.91 Å². The van der Waals surface area contributed by atoms with Crippen molar-refractivity contribution >= 4 is 11.8 Å². The van der Waals surface area contributed by atoms with Crippen molar-refractivity contribution in [2.75, 3.05) is 20.3 Å². The zero-order chi connectivity index (χ0) is 23.7. The fourth-order valence-corrected chi connectivity index (χ4v) is 3.61. The fraction of sp³-hybridized carbons (Fsp3) is 0.462. The number of carbonyl (C=O) groups is 2. The number of amides is 2. The van der Waals surface area contributed by atoms with E-state index in [0.29, 0.717) is 24.5 Å². The zero-order valence-electron chi connectivity index (χ0n) is 20.1. The van der Waals surface area contributed by atoms with Crippen LogP contribution in [-0.2, 0) is 21.5 Å². The third kappa shape index (κ3) is 6.74. The van der Waals surface area contributed by atoms with Gasteiger partial charge in [0.05, 0.1) is 7.11 Å². The van der Waals surface area contributed by atoms with E-state index in [2.05, 4.69) is 26.1 Å². The monoisotopic (exact) mass is 440 g/mol. The van der Waals surface area contributed by atoms with Crippen molar-refractivity contribution in [2.24, 2.45) is 0 Å². The molecule has 0 bridgehead atoms. The molecule has 0 aliphatic carbocycles. The zero-order valence-corrected chi connectivity index (χ0v) is 20.1. The minimum atomic E-state index is -0.588. The van der Waals surface area contributed by atoms with Crippen LogP contribution in [0.3, 0.4) is 0 Å². The largest absolute Gasteiger partial charge is 0.497 e. The highest BCUT2D eigenvalue weighted by atomic mass is 16.5. The molecule has 0 saturated heterocycles. The molecule has 0 aromatic heterocycles. The van der Waals surface area contributed by atoms with Gasteiger partial charge in [-0.15, -0.1) is 0 Å². The Bertz CT molecular complexity index is 905. The molecule has 1 atom stereocenters. The van der Waals surface area contributed by atoms with Gasteiger partial charge in [0.1, 0.15) is 17.5 Å². The van der Waals surface area contributed by atoms with Crippen LogP contribution in [0.4, 0.5) is 0 Å². The molecule has 174 valence electrons. The predicted octanol–water partition coefficient (Wildman–Crippen LogP) is 4.32. The fourth-order valence-electron chi connectivity index (χ4n) is 3.61. The highest BCUT2D eigenvalue weighted by Gasteiger charge is 2.29. The van der Waals surface area contributed by atoms with Crippen LogP contribution in [0.15, 0.2) is 48.5 Å². The van der Waals surface area contributed by atoms with Crippen molar-refractivity contribution in [2.45, 2.75) is 59.0 Å². The molecular weight excluding hydrogens is 404 g/mol. The lowest BCUT2D eigenvalue weighted by molar-refractivity contribution is -0.142. The summed E-state index contributed by atoms with van der Waals surface area (Å²) in [4.78, 5) is 27.7. The van der Waals surface area contributed by atoms with E-state index in [-0.39, 0.29) is 30.4 Å². The van der Waals surface area contributed by atoms with Crippen molar-refractivity contribution in [1.82, 2.24) is 10.2 Å². The first-order valence-corrected chi connectivity index (χ1v) is 11.1.